The van der Waals surface area contributed by atoms with Crippen molar-refractivity contribution in [2.24, 2.45) is 22.5 Å². The molecule has 4 aliphatic rings. The summed E-state index contributed by atoms with van der Waals surface area (Å²) in [6.45, 7) is 6.91. The van der Waals surface area contributed by atoms with Gasteiger partial charge in [0.25, 0.3) is 0 Å². The minimum absolute atomic E-state index is 0.105. The predicted molar refractivity (Wildman–Crippen MR) is 85.8 cm³/mol. The first-order chi connectivity index (χ1) is 9.72. The van der Waals surface area contributed by atoms with Crippen LogP contribution < -0.4 is 11.1 Å². The van der Waals surface area contributed by atoms with Crippen molar-refractivity contribution in [2.75, 3.05) is 0 Å². The van der Waals surface area contributed by atoms with Crippen LogP contribution in [0.1, 0.15) is 78.6 Å². The third-order valence-corrected chi connectivity index (χ3v) is 6.09. The maximum atomic E-state index is 12.4. The molecule has 4 rings (SSSR count). The molecule has 1 amide bonds. The van der Waals surface area contributed by atoms with E-state index in [-0.39, 0.29) is 17.5 Å². The molecule has 0 aliphatic heterocycles. The smallest absolute Gasteiger partial charge is 0.220 e. The van der Waals surface area contributed by atoms with E-state index in [2.05, 4.69) is 19.2 Å². The van der Waals surface area contributed by atoms with Crippen LogP contribution in [0.3, 0.4) is 0 Å². The van der Waals surface area contributed by atoms with Crippen LogP contribution in [0.4, 0.5) is 0 Å². The Labute approximate surface area is 129 Å². The zero-order chi connectivity index (χ0) is 15.3. The van der Waals surface area contributed by atoms with Crippen molar-refractivity contribution in [1.29, 1.82) is 0 Å². The van der Waals surface area contributed by atoms with Gasteiger partial charge in [0.1, 0.15) is 0 Å². The predicted octanol–water partition coefficient (Wildman–Crippen LogP) is 3.37. The lowest BCUT2D eigenvalue weighted by Crippen LogP contribution is -2.65. The van der Waals surface area contributed by atoms with Gasteiger partial charge < -0.3 is 11.1 Å². The number of carbonyl (C=O) groups excluding carboxylic acids is 1. The third kappa shape index (κ3) is 3.13. The second kappa shape index (κ2) is 4.97. The van der Waals surface area contributed by atoms with E-state index < -0.39 is 0 Å². The summed E-state index contributed by atoms with van der Waals surface area (Å²) in [5.74, 6) is 1.09. The van der Waals surface area contributed by atoms with Gasteiger partial charge in [-0.25, -0.2) is 0 Å². The fraction of sp³-hybridized carbons (Fsp3) is 0.944. The lowest BCUT2D eigenvalue weighted by molar-refractivity contribution is -0.139. The molecular weight excluding hydrogens is 260 g/mol. The van der Waals surface area contributed by atoms with E-state index in [1.54, 1.807) is 0 Å². The van der Waals surface area contributed by atoms with Gasteiger partial charge in [-0.15, -0.1) is 0 Å². The number of carbonyl (C=O) groups is 1. The highest BCUT2D eigenvalue weighted by atomic mass is 16.1. The maximum absolute atomic E-state index is 12.4. The molecule has 0 aromatic rings. The molecule has 0 aromatic carbocycles. The van der Waals surface area contributed by atoms with Gasteiger partial charge in [-0.3, -0.25) is 4.79 Å². The van der Waals surface area contributed by atoms with Gasteiger partial charge in [-0.2, -0.15) is 0 Å². The first-order valence-electron chi connectivity index (χ1n) is 8.78. The third-order valence-electron chi connectivity index (χ3n) is 6.09. The molecule has 3 heteroatoms. The Morgan fingerprint density at radius 2 is 1.81 bits per heavy atom. The normalized spacial score (nSPS) is 45.6. The molecule has 3 atom stereocenters. The second-order valence-corrected chi connectivity index (χ2v) is 9.33. The van der Waals surface area contributed by atoms with Crippen LogP contribution in [0.2, 0.25) is 0 Å². The molecule has 0 spiro atoms. The van der Waals surface area contributed by atoms with Crippen molar-refractivity contribution in [1.82, 2.24) is 5.32 Å². The molecule has 4 fully saturated rings. The molecule has 0 saturated heterocycles. The first-order valence-corrected chi connectivity index (χ1v) is 8.78. The van der Waals surface area contributed by atoms with Gasteiger partial charge in [-0.1, -0.05) is 13.8 Å². The Morgan fingerprint density at radius 3 is 2.33 bits per heavy atom. The molecule has 4 bridgehead atoms. The second-order valence-electron chi connectivity index (χ2n) is 9.33. The van der Waals surface area contributed by atoms with Crippen LogP contribution in [-0.2, 0) is 4.79 Å². The minimum Gasteiger partial charge on any atom is -0.351 e. The number of hydrogen-bond donors (Lipinski definition) is 2. The summed E-state index contributed by atoms with van der Waals surface area (Å²) in [5.41, 5.74) is 6.81. The van der Waals surface area contributed by atoms with Gasteiger partial charge in [-0.05, 0) is 75.0 Å². The van der Waals surface area contributed by atoms with Crippen LogP contribution in [0.15, 0.2) is 0 Å². The molecule has 3 N–H and O–H groups in total. The Hall–Kier alpha value is -0.570. The Morgan fingerprint density at radius 1 is 1.19 bits per heavy atom. The quantitative estimate of drug-likeness (QED) is 0.816. The van der Waals surface area contributed by atoms with Gasteiger partial charge in [0.2, 0.25) is 5.91 Å². The minimum atomic E-state index is 0.105. The molecule has 0 radical (unpaired) electrons. The highest BCUT2D eigenvalue weighted by molar-refractivity contribution is 5.76. The van der Waals surface area contributed by atoms with Gasteiger partial charge >= 0.3 is 0 Å². The fourth-order valence-electron chi connectivity index (χ4n) is 6.53. The highest BCUT2D eigenvalue weighted by Crippen LogP contribution is 2.66. The topological polar surface area (TPSA) is 55.1 Å². The Balaban J connectivity index is 1.63. The van der Waals surface area contributed by atoms with Crippen LogP contribution in [0.5, 0.6) is 0 Å². The standard InChI is InChI=1S/C18H32N2O/c1-13(19)5-4-6-15(21)20-18-9-14-7-16(2,11-18)10-17(3,8-14)12-18/h13-14H,4-12,19H2,1-3H3,(H,20,21). The summed E-state index contributed by atoms with van der Waals surface area (Å²) in [6, 6.07) is 0.204. The van der Waals surface area contributed by atoms with Gasteiger partial charge in [0, 0.05) is 18.0 Å². The summed E-state index contributed by atoms with van der Waals surface area (Å²) in [6.07, 6.45) is 10.2. The SMILES string of the molecule is CC(N)CCCC(=O)NC12CC3CC(C)(CC(C)(C3)C1)C2. The molecule has 120 valence electrons. The maximum Gasteiger partial charge on any atom is 0.220 e. The number of hydrogen-bond acceptors (Lipinski definition) is 2. The zero-order valence-electron chi connectivity index (χ0n) is 14.0. The van der Waals surface area contributed by atoms with E-state index >= 15 is 0 Å². The van der Waals surface area contributed by atoms with E-state index in [9.17, 15) is 4.79 Å². The van der Waals surface area contributed by atoms with Crippen molar-refractivity contribution in [2.45, 2.75) is 90.1 Å². The van der Waals surface area contributed by atoms with Crippen molar-refractivity contribution >= 4 is 5.91 Å². The van der Waals surface area contributed by atoms with Crippen LogP contribution >= 0.6 is 0 Å². The number of nitrogens with one attached hydrogen (secondary N) is 1. The summed E-state index contributed by atoms with van der Waals surface area (Å²) in [5, 5.41) is 3.47. The molecule has 3 nitrogen and oxygen atoms in total. The fourth-order valence-corrected chi connectivity index (χ4v) is 6.53. The van der Waals surface area contributed by atoms with E-state index in [1.807, 2.05) is 6.92 Å². The molecule has 0 heterocycles. The summed E-state index contributed by atoms with van der Waals surface area (Å²) in [7, 11) is 0. The van der Waals surface area contributed by atoms with Crippen molar-refractivity contribution in [3.63, 3.8) is 0 Å². The molecule has 4 aliphatic carbocycles. The highest BCUT2D eigenvalue weighted by Gasteiger charge is 2.60. The Kier molecular flexibility index (Phi) is 3.63. The van der Waals surface area contributed by atoms with E-state index in [1.165, 1.54) is 38.5 Å². The number of rotatable bonds is 5. The molecule has 4 saturated carbocycles. The van der Waals surface area contributed by atoms with Crippen LogP contribution in [0, 0.1) is 16.7 Å². The molecule has 3 unspecified atom stereocenters. The van der Waals surface area contributed by atoms with Gasteiger partial charge in [0.05, 0.1) is 0 Å². The van der Waals surface area contributed by atoms with Crippen molar-refractivity contribution in [3.05, 3.63) is 0 Å². The molecular formula is C18H32N2O. The monoisotopic (exact) mass is 292 g/mol. The van der Waals surface area contributed by atoms with Crippen LogP contribution in [0.25, 0.3) is 0 Å². The summed E-state index contributed by atoms with van der Waals surface area (Å²) in [4.78, 5) is 12.4. The first kappa shape index (κ1) is 15.3. The largest absolute Gasteiger partial charge is 0.351 e. The van der Waals surface area contributed by atoms with E-state index in [4.69, 9.17) is 5.73 Å². The molecule has 21 heavy (non-hydrogen) atoms. The summed E-state index contributed by atoms with van der Waals surface area (Å²) < 4.78 is 0. The van der Waals surface area contributed by atoms with Crippen LogP contribution in [-0.4, -0.2) is 17.5 Å². The zero-order valence-corrected chi connectivity index (χ0v) is 14.0. The average molecular weight is 292 g/mol. The van der Waals surface area contributed by atoms with E-state index in [0.717, 1.165) is 18.8 Å². The van der Waals surface area contributed by atoms with E-state index in [0.29, 0.717) is 17.3 Å². The number of nitrogens with two attached hydrogens (primary N) is 1. The lowest BCUT2D eigenvalue weighted by Gasteiger charge is -2.65. The van der Waals surface area contributed by atoms with Crippen molar-refractivity contribution in [3.8, 4) is 0 Å². The summed E-state index contributed by atoms with van der Waals surface area (Å²) >= 11 is 0. The average Bonchev–Trinajstić information content (AvgIpc) is 2.21. The van der Waals surface area contributed by atoms with Crippen molar-refractivity contribution < 1.29 is 4.79 Å². The van der Waals surface area contributed by atoms with Gasteiger partial charge in [0.15, 0.2) is 0 Å². The molecule has 0 aromatic heterocycles. The Bertz CT molecular complexity index is 413. The lowest BCUT2D eigenvalue weighted by atomic mass is 9.43. The number of amides is 1.